The predicted octanol–water partition coefficient (Wildman–Crippen LogP) is 3.92. The molecule has 0 spiro atoms. The molecule has 28 heavy (non-hydrogen) atoms. The van der Waals surface area contributed by atoms with Gasteiger partial charge in [-0.15, -0.1) is 0 Å². The molecule has 1 aliphatic rings. The maximum Gasteiger partial charge on any atom is 0.416 e. The van der Waals surface area contributed by atoms with Gasteiger partial charge in [0.1, 0.15) is 5.82 Å². The highest BCUT2D eigenvalue weighted by molar-refractivity contribution is 5.99. The van der Waals surface area contributed by atoms with Crippen LogP contribution in [0.3, 0.4) is 0 Å². The lowest BCUT2D eigenvalue weighted by molar-refractivity contribution is -0.137. The molecule has 5 nitrogen and oxygen atoms in total. The summed E-state index contributed by atoms with van der Waals surface area (Å²) in [5.74, 6) is 0.477. The van der Waals surface area contributed by atoms with Gasteiger partial charge in [0.15, 0.2) is 0 Å². The molecule has 1 aromatic heterocycles. The fourth-order valence-electron chi connectivity index (χ4n) is 3.46. The van der Waals surface area contributed by atoms with Gasteiger partial charge in [-0.25, -0.2) is 4.98 Å². The zero-order valence-electron chi connectivity index (χ0n) is 15.6. The predicted molar refractivity (Wildman–Crippen MR) is 102 cm³/mol. The number of nitrogens with one attached hydrogen (secondary N) is 2. The standard InChI is InChI=1S/C20H23F3N4O/c1-24-12-14-5-4-10-27(13-14)19(28)17-8-3-9-25-18(17)26-16-7-2-6-15(11-16)20(21,22)23/h2-3,6-9,11,14,24H,4-5,10,12-13H2,1H3,(H,25,26). The van der Waals surface area contributed by atoms with E-state index in [1.807, 2.05) is 7.05 Å². The third-order valence-electron chi connectivity index (χ3n) is 4.79. The first-order valence-electron chi connectivity index (χ1n) is 9.21. The Morgan fingerprint density at radius 2 is 2.11 bits per heavy atom. The Morgan fingerprint density at radius 1 is 1.29 bits per heavy atom. The summed E-state index contributed by atoms with van der Waals surface area (Å²) in [6.45, 7) is 2.15. The number of pyridine rings is 1. The van der Waals surface area contributed by atoms with Crippen molar-refractivity contribution in [3.8, 4) is 0 Å². The second-order valence-corrected chi connectivity index (χ2v) is 6.92. The number of carbonyl (C=O) groups is 1. The van der Waals surface area contributed by atoms with Crippen molar-refractivity contribution in [1.82, 2.24) is 15.2 Å². The van der Waals surface area contributed by atoms with Crippen LogP contribution in [-0.4, -0.2) is 42.5 Å². The van der Waals surface area contributed by atoms with E-state index in [0.717, 1.165) is 31.5 Å². The summed E-state index contributed by atoms with van der Waals surface area (Å²) in [4.78, 5) is 19.0. The molecule has 0 aliphatic carbocycles. The maximum atomic E-state index is 13.0. The topological polar surface area (TPSA) is 57.3 Å². The van der Waals surface area contributed by atoms with Crippen LogP contribution in [0.4, 0.5) is 24.7 Å². The Bertz CT molecular complexity index is 823. The lowest BCUT2D eigenvalue weighted by atomic mass is 9.97. The molecule has 1 amide bonds. The van der Waals surface area contributed by atoms with Crippen LogP contribution in [0.2, 0.25) is 0 Å². The molecule has 0 saturated carbocycles. The molecule has 3 rings (SSSR count). The number of rotatable bonds is 5. The van der Waals surface area contributed by atoms with E-state index in [2.05, 4.69) is 15.6 Å². The van der Waals surface area contributed by atoms with E-state index in [1.165, 1.54) is 18.3 Å². The summed E-state index contributed by atoms with van der Waals surface area (Å²) in [5.41, 5.74) is -0.174. The number of carbonyl (C=O) groups excluding carboxylic acids is 1. The Kier molecular flexibility index (Phi) is 6.18. The maximum absolute atomic E-state index is 13.0. The number of likely N-dealkylation sites (tertiary alicyclic amines) is 1. The van der Waals surface area contributed by atoms with Crippen molar-refractivity contribution in [2.24, 2.45) is 5.92 Å². The molecule has 2 aromatic rings. The van der Waals surface area contributed by atoms with Crippen LogP contribution in [0.1, 0.15) is 28.8 Å². The molecule has 2 heterocycles. The molecule has 0 bridgehead atoms. The number of benzene rings is 1. The fourth-order valence-corrected chi connectivity index (χ4v) is 3.46. The summed E-state index contributed by atoms with van der Waals surface area (Å²) in [7, 11) is 1.89. The molecule has 2 N–H and O–H groups in total. The number of piperidine rings is 1. The van der Waals surface area contributed by atoms with Crippen LogP contribution in [0, 0.1) is 5.92 Å². The summed E-state index contributed by atoms with van der Waals surface area (Å²) >= 11 is 0. The van der Waals surface area contributed by atoms with Gasteiger partial charge in [-0.2, -0.15) is 13.2 Å². The van der Waals surface area contributed by atoms with Crippen molar-refractivity contribution in [3.05, 3.63) is 53.7 Å². The first-order valence-corrected chi connectivity index (χ1v) is 9.21. The third-order valence-corrected chi connectivity index (χ3v) is 4.79. The molecule has 8 heteroatoms. The zero-order chi connectivity index (χ0) is 20.1. The van der Waals surface area contributed by atoms with Crippen LogP contribution in [0.5, 0.6) is 0 Å². The van der Waals surface area contributed by atoms with Crippen molar-refractivity contribution < 1.29 is 18.0 Å². The summed E-state index contributed by atoms with van der Waals surface area (Å²) < 4.78 is 38.8. The van der Waals surface area contributed by atoms with Crippen LogP contribution < -0.4 is 10.6 Å². The average Bonchev–Trinajstić information content (AvgIpc) is 2.68. The van der Waals surface area contributed by atoms with E-state index in [9.17, 15) is 18.0 Å². The molecular weight excluding hydrogens is 369 g/mol. The minimum absolute atomic E-state index is 0.164. The normalized spacial score (nSPS) is 17.4. The van der Waals surface area contributed by atoms with E-state index >= 15 is 0 Å². The van der Waals surface area contributed by atoms with Crippen LogP contribution >= 0.6 is 0 Å². The van der Waals surface area contributed by atoms with Gasteiger partial charge in [-0.1, -0.05) is 6.07 Å². The van der Waals surface area contributed by atoms with Crippen molar-refractivity contribution in [2.75, 3.05) is 32.0 Å². The zero-order valence-corrected chi connectivity index (χ0v) is 15.6. The molecule has 150 valence electrons. The van der Waals surface area contributed by atoms with Gasteiger partial charge in [0.2, 0.25) is 0 Å². The van der Waals surface area contributed by atoms with Crippen LogP contribution in [-0.2, 0) is 6.18 Å². The quantitative estimate of drug-likeness (QED) is 0.810. The second kappa shape index (κ2) is 8.60. The number of anilines is 2. The van der Waals surface area contributed by atoms with E-state index in [4.69, 9.17) is 0 Å². The Hall–Kier alpha value is -2.61. The fraction of sp³-hybridized carbons (Fsp3) is 0.400. The largest absolute Gasteiger partial charge is 0.416 e. The summed E-state index contributed by atoms with van der Waals surface area (Å²) in [6.07, 6.45) is -0.939. The van der Waals surface area contributed by atoms with Gasteiger partial charge in [0.25, 0.3) is 5.91 Å². The highest BCUT2D eigenvalue weighted by atomic mass is 19.4. The van der Waals surface area contributed by atoms with Gasteiger partial charge in [0.05, 0.1) is 11.1 Å². The minimum atomic E-state index is -4.43. The SMILES string of the molecule is CNCC1CCCN(C(=O)c2cccnc2Nc2cccc(C(F)(F)F)c2)C1. The van der Waals surface area contributed by atoms with Crippen molar-refractivity contribution in [2.45, 2.75) is 19.0 Å². The third kappa shape index (κ3) is 4.81. The number of halogens is 3. The second-order valence-electron chi connectivity index (χ2n) is 6.92. The monoisotopic (exact) mass is 392 g/mol. The van der Waals surface area contributed by atoms with E-state index in [-0.39, 0.29) is 17.4 Å². The molecule has 1 unspecified atom stereocenters. The van der Waals surface area contributed by atoms with Gasteiger partial charge in [-0.05, 0) is 62.7 Å². The van der Waals surface area contributed by atoms with E-state index < -0.39 is 11.7 Å². The summed E-state index contributed by atoms with van der Waals surface area (Å²) in [6, 6.07) is 8.15. The molecular formula is C20H23F3N4O. The number of aromatic nitrogens is 1. The highest BCUT2D eigenvalue weighted by Crippen LogP contribution is 2.31. The van der Waals surface area contributed by atoms with Crippen LogP contribution in [0.25, 0.3) is 0 Å². The lowest BCUT2D eigenvalue weighted by Crippen LogP contribution is -2.42. The molecule has 0 radical (unpaired) electrons. The van der Waals surface area contributed by atoms with Gasteiger partial charge < -0.3 is 15.5 Å². The first kappa shape index (κ1) is 20.1. The Balaban J connectivity index is 1.81. The van der Waals surface area contributed by atoms with Crippen molar-refractivity contribution in [1.29, 1.82) is 0 Å². The average molecular weight is 392 g/mol. The smallest absolute Gasteiger partial charge is 0.340 e. The molecule has 1 aliphatic heterocycles. The van der Waals surface area contributed by atoms with Gasteiger partial charge >= 0.3 is 6.18 Å². The van der Waals surface area contributed by atoms with Gasteiger partial charge in [-0.3, -0.25) is 4.79 Å². The van der Waals surface area contributed by atoms with Crippen molar-refractivity contribution >= 4 is 17.4 Å². The number of alkyl halides is 3. The van der Waals surface area contributed by atoms with Crippen LogP contribution in [0.15, 0.2) is 42.6 Å². The van der Waals surface area contributed by atoms with Crippen molar-refractivity contribution in [3.63, 3.8) is 0 Å². The molecule has 1 saturated heterocycles. The Labute approximate surface area is 162 Å². The van der Waals surface area contributed by atoms with E-state index in [0.29, 0.717) is 24.6 Å². The number of hydrogen-bond donors (Lipinski definition) is 2. The minimum Gasteiger partial charge on any atom is -0.340 e. The van der Waals surface area contributed by atoms with E-state index in [1.54, 1.807) is 17.0 Å². The summed E-state index contributed by atoms with van der Waals surface area (Å²) in [5, 5.41) is 6.01. The van der Waals surface area contributed by atoms with Gasteiger partial charge in [0, 0.05) is 25.0 Å². The lowest BCUT2D eigenvalue weighted by Gasteiger charge is -2.33. The first-order chi connectivity index (χ1) is 13.4. The highest BCUT2D eigenvalue weighted by Gasteiger charge is 2.30. The number of nitrogens with zero attached hydrogens (tertiary/aromatic N) is 2. The molecule has 1 atom stereocenters. The molecule has 1 fully saturated rings. The number of hydrogen-bond acceptors (Lipinski definition) is 4. The number of amides is 1. The Morgan fingerprint density at radius 3 is 2.86 bits per heavy atom. The molecule has 1 aromatic carbocycles.